The summed E-state index contributed by atoms with van der Waals surface area (Å²) in [5.41, 5.74) is 4.35. The van der Waals surface area contributed by atoms with E-state index in [0.717, 1.165) is 27.9 Å². The Morgan fingerprint density at radius 2 is 1.61 bits per heavy atom. The normalized spacial score (nSPS) is 10.3. The summed E-state index contributed by atoms with van der Waals surface area (Å²) in [6.45, 7) is 9.78. The minimum atomic E-state index is 0.510. The van der Waals surface area contributed by atoms with Gasteiger partial charge in [0.1, 0.15) is 5.69 Å². The Morgan fingerprint density at radius 3 is 2.26 bits per heavy atom. The van der Waals surface area contributed by atoms with E-state index in [0.29, 0.717) is 24.1 Å². The van der Waals surface area contributed by atoms with E-state index in [9.17, 15) is 0 Å². The van der Waals surface area contributed by atoms with Gasteiger partial charge in [-0.25, -0.2) is 9.97 Å². The lowest BCUT2D eigenvalue weighted by Gasteiger charge is -2.09. The highest BCUT2D eigenvalue weighted by Gasteiger charge is 2.11. The molecule has 0 aliphatic rings. The van der Waals surface area contributed by atoms with E-state index >= 15 is 0 Å². The van der Waals surface area contributed by atoms with E-state index in [1.165, 1.54) is 0 Å². The number of fused-ring (bicyclic) bond motifs is 1. The van der Waals surface area contributed by atoms with Crippen molar-refractivity contribution in [3.05, 3.63) is 72.0 Å². The van der Waals surface area contributed by atoms with Gasteiger partial charge in [-0.1, -0.05) is 70.2 Å². The van der Waals surface area contributed by atoms with Gasteiger partial charge in [0.25, 0.3) is 0 Å². The van der Waals surface area contributed by atoms with Crippen molar-refractivity contribution in [3.8, 4) is 17.1 Å². The fourth-order valence-corrected chi connectivity index (χ4v) is 2.82. The van der Waals surface area contributed by atoms with Crippen molar-refractivity contribution in [2.24, 2.45) is 0 Å². The summed E-state index contributed by atoms with van der Waals surface area (Å²) in [4.78, 5) is 9.32. The Hall–Kier alpha value is -3.54. The van der Waals surface area contributed by atoms with Gasteiger partial charge in [0.15, 0.2) is 0 Å². The molecule has 0 spiro atoms. The molecule has 0 amide bonds. The number of methoxy groups -OCH3 is 1. The molecular weight excluding hydrogens is 388 g/mol. The molecule has 0 bridgehead atoms. The van der Waals surface area contributed by atoms with Gasteiger partial charge < -0.3 is 9.15 Å². The molecule has 6 heteroatoms. The quantitative estimate of drug-likeness (QED) is 0.378. The van der Waals surface area contributed by atoms with Crippen LogP contribution in [-0.2, 0) is 6.42 Å². The van der Waals surface area contributed by atoms with E-state index in [1.807, 2.05) is 82.3 Å². The smallest absolute Gasteiger partial charge is 0.240 e. The second-order valence-corrected chi connectivity index (χ2v) is 6.02. The van der Waals surface area contributed by atoms with E-state index < -0.39 is 0 Å². The number of hydrogen-bond donors (Lipinski definition) is 0. The predicted molar refractivity (Wildman–Crippen MR) is 126 cm³/mol. The fourth-order valence-electron chi connectivity index (χ4n) is 2.82. The third-order valence-corrected chi connectivity index (χ3v) is 4.06. The van der Waals surface area contributed by atoms with Gasteiger partial charge in [-0.3, -0.25) is 0 Å². The van der Waals surface area contributed by atoms with E-state index in [4.69, 9.17) is 14.1 Å². The topological polar surface area (TPSA) is 73.9 Å². The van der Waals surface area contributed by atoms with Crippen molar-refractivity contribution in [1.82, 2.24) is 20.2 Å². The van der Waals surface area contributed by atoms with Crippen molar-refractivity contribution < 1.29 is 9.15 Å². The van der Waals surface area contributed by atoms with Crippen LogP contribution in [0.15, 0.2) is 59.0 Å². The Labute approximate surface area is 184 Å². The molecule has 4 rings (SSSR count). The van der Waals surface area contributed by atoms with Crippen molar-refractivity contribution in [2.45, 2.75) is 41.0 Å². The predicted octanol–water partition coefficient (Wildman–Crippen LogP) is 6.31. The summed E-state index contributed by atoms with van der Waals surface area (Å²) in [6.07, 6.45) is 4.60. The third kappa shape index (κ3) is 6.22. The monoisotopic (exact) mass is 418 g/mol. The fraction of sp³-hybridized carbons (Fsp3) is 0.280. The Balaban J connectivity index is 0.000000807. The molecule has 31 heavy (non-hydrogen) atoms. The molecule has 0 saturated heterocycles. The van der Waals surface area contributed by atoms with E-state index in [1.54, 1.807) is 14.0 Å². The molecule has 2 aromatic carbocycles. The maximum Gasteiger partial charge on any atom is 0.240 e. The van der Waals surface area contributed by atoms with E-state index in [2.05, 4.69) is 21.2 Å². The van der Waals surface area contributed by atoms with Gasteiger partial charge >= 0.3 is 0 Å². The van der Waals surface area contributed by atoms with Crippen LogP contribution in [0.1, 0.15) is 45.0 Å². The Morgan fingerprint density at radius 1 is 0.903 bits per heavy atom. The molecule has 0 fully saturated rings. The first kappa shape index (κ1) is 23.7. The molecule has 162 valence electrons. The van der Waals surface area contributed by atoms with Crippen LogP contribution in [0.4, 0.5) is 0 Å². The van der Waals surface area contributed by atoms with Crippen molar-refractivity contribution in [2.75, 3.05) is 7.11 Å². The van der Waals surface area contributed by atoms with Gasteiger partial charge in [-0.15, -0.1) is 10.2 Å². The minimum Gasteiger partial charge on any atom is -0.479 e. The molecule has 0 radical (unpaired) electrons. The first-order valence-electron chi connectivity index (χ1n) is 10.6. The summed E-state index contributed by atoms with van der Waals surface area (Å²) in [6, 6.07) is 15.8. The number of rotatable bonds is 5. The first-order chi connectivity index (χ1) is 15.2. The first-order valence-corrected chi connectivity index (χ1v) is 10.6. The summed E-state index contributed by atoms with van der Waals surface area (Å²) in [7, 11) is 1.61. The summed E-state index contributed by atoms with van der Waals surface area (Å²) in [5, 5.41) is 7.82. The van der Waals surface area contributed by atoms with Gasteiger partial charge in [-0.2, -0.15) is 0 Å². The van der Waals surface area contributed by atoms with Crippen LogP contribution in [0.3, 0.4) is 0 Å². The van der Waals surface area contributed by atoms with Crippen LogP contribution < -0.4 is 4.74 Å². The molecule has 0 unspecified atom stereocenters. The molecule has 2 aromatic heterocycles. The van der Waals surface area contributed by atoms with Crippen LogP contribution in [-0.4, -0.2) is 27.3 Å². The van der Waals surface area contributed by atoms with Crippen LogP contribution in [0.5, 0.6) is 5.88 Å². The van der Waals surface area contributed by atoms with Crippen LogP contribution in [0.25, 0.3) is 28.4 Å². The maximum absolute atomic E-state index is 5.47. The highest BCUT2D eigenvalue weighted by atomic mass is 16.5. The Kier molecular flexibility index (Phi) is 9.36. The molecule has 2 heterocycles. The largest absolute Gasteiger partial charge is 0.479 e. The molecule has 0 saturated carbocycles. The SMILES string of the molecule is CC.CC.COc1nc2ccccc2nc1-c1cccc(/C=C/Cc2nnc(C)o2)c1. The zero-order valence-electron chi connectivity index (χ0n) is 19.1. The molecule has 0 aliphatic heterocycles. The number of nitrogens with zero attached hydrogens (tertiary/aromatic N) is 4. The minimum absolute atomic E-state index is 0.510. The van der Waals surface area contributed by atoms with Gasteiger partial charge in [0.2, 0.25) is 17.7 Å². The molecule has 6 nitrogen and oxygen atoms in total. The lowest BCUT2D eigenvalue weighted by Crippen LogP contribution is -1.96. The van der Waals surface area contributed by atoms with Gasteiger partial charge in [0.05, 0.1) is 18.1 Å². The molecule has 0 atom stereocenters. The van der Waals surface area contributed by atoms with Crippen LogP contribution >= 0.6 is 0 Å². The number of aryl methyl sites for hydroxylation is 1. The molecule has 0 aliphatic carbocycles. The molecule has 4 aromatic rings. The zero-order valence-corrected chi connectivity index (χ0v) is 19.1. The average Bonchev–Trinajstić information content (AvgIpc) is 3.26. The van der Waals surface area contributed by atoms with Crippen molar-refractivity contribution >= 4 is 17.1 Å². The summed E-state index contributed by atoms with van der Waals surface area (Å²) < 4.78 is 10.8. The number of ether oxygens (including phenoxy) is 1. The van der Waals surface area contributed by atoms with Crippen LogP contribution in [0, 0.1) is 6.92 Å². The second kappa shape index (κ2) is 12.2. The number of aromatic nitrogens is 4. The lowest BCUT2D eigenvalue weighted by molar-refractivity contribution is 0.400. The number of para-hydroxylation sites is 2. The van der Waals surface area contributed by atoms with Gasteiger partial charge in [-0.05, 0) is 23.8 Å². The summed E-state index contributed by atoms with van der Waals surface area (Å²) in [5.74, 6) is 1.68. The van der Waals surface area contributed by atoms with Crippen molar-refractivity contribution in [3.63, 3.8) is 0 Å². The standard InChI is InChI=1S/C21H18N4O2.2C2H6/c1-14-24-25-19(27-14)12-6-8-15-7-5-9-16(13-15)20-21(26-2)23-18-11-4-3-10-17(18)22-20;2*1-2/h3-11,13H,12H2,1-2H3;2*1-2H3/b8-6+;;. The number of allylic oxidation sites excluding steroid dienone is 1. The van der Waals surface area contributed by atoms with Crippen LogP contribution in [0.2, 0.25) is 0 Å². The second-order valence-electron chi connectivity index (χ2n) is 6.02. The number of benzene rings is 2. The molecular formula is C25H30N4O2. The summed E-state index contributed by atoms with van der Waals surface area (Å²) >= 11 is 0. The Bertz CT molecular complexity index is 1120. The highest BCUT2D eigenvalue weighted by molar-refractivity contribution is 5.80. The molecule has 0 N–H and O–H groups in total. The third-order valence-electron chi connectivity index (χ3n) is 4.06. The number of hydrogen-bond acceptors (Lipinski definition) is 6. The maximum atomic E-state index is 5.47. The lowest BCUT2D eigenvalue weighted by atomic mass is 10.1. The van der Waals surface area contributed by atoms with Crippen molar-refractivity contribution in [1.29, 1.82) is 0 Å². The highest BCUT2D eigenvalue weighted by Crippen LogP contribution is 2.29. The average molecular weight is 419 g/mol. The van der Waals surface area contributed by atoms with Gasteiger partial charge in [0, 0.05) is 18.9 Å². The van der Waals surface area contributed by atoms with E-state index in [-0.39, 0.29) is 0 Å². The zero-order chi connectivity index (χ0) is 22.6.